The quantitative estimate of drug-likeness (QED) is 0.0881. The van der Waals surface area contributed by atoms with Crippen LogP contribution in [0.5, 0.6) is 0 Å². The largest absolute Gasteiger partial charge is 0.481 e. The first-order valence-electron chi connectivity index (χ1n) is 19.0. The van der Waals surface area contributed by atoms with Crippen molar-refractivity contribution in [1.82, 2.24) is 10.6 Å². The lowest BCUT2D eigenvalue weighted by Crippen LogP contribution is -2.27. The van der Waals surface area contributed by atoms with Gasteiger partial charge in [-0.1, -0.05) is 134 Å². The fourth-order valence-electron chi connectivity index (χ4n) is 7.62. The fourth-order valence-corrected chi connectivity index (χ4v) is 9.94. The number of benzene rings is 4. The molecule has 8 nitrogen and oxygen atoms in total. The van der Waals surface area contributed by atoms with E-state index in [9.17, 15) is 19.2 Å². The first kappa shape index (κ1) is 42.9. The Hall–Kier alpha value is -3.73. The van der Waals surface area contributed by atoms with E-state index in [1.807, 2.05) is 48.5 Å². The summed E-state index contributed by atoms with van der Waals surface area (Å²) in [6.45, 7) is 8.54. The third kappa shape index (κ3) is 9.44. The molecule has 2 saturated carbocycles. The molecule has 0 radical (unpaired) electrons. The lowest BCUT2D eigenvalue weighted by atomic mass is 9.88. The van der Waals surface area contributed by atoms with Gasteiger partial charge in [-0.25, -0.2) is 0 Å². The molecule has 300 valence electrons. The maximum Gasteiger partial charge on any atom is 0.305 e. The van der Waals surface area contributed by atoms with Gasteiger partial charge in [-0.3, -0.25) is 19.2 Å². The number of hydrogen-bond acceptors (Lipinski definition) is 5. The van der Waals surface area contributed by atoms with Crippen LogP contribution >= 0.6 is 58.2 Å². The van der Waals surface area contributed by atoms with Crippen molar-refractivity contribution in [2.75, 3.05) is 13.1 Å². The van der Waals surface area contributed by atoms with Gasteiger partial charge in [0, 0.05) is 34.7 Å². The summed E-state index contributed by atoms with van der Waals surface area (Å²) in [6.07, 6.45) is 0.745. The molecule has 2 fully saturated rings. The van der Waals surface area contributed by atoms with E-state index >= 15 is 0 Å². The molecule has 0 bridgehead atoms. The lowest BCUT2D eigenvalue weighted by molar-refractivity contribution is -0.138. The number of carboxylic acids is 2. The summed E-state index contributed by atoms with van der Waals surface area (Å²) in [6, 6.07) is 20.2. The summed E-state index contributed by atoms with van der Waals surface area (Å²) in [5.74, 6) is -3.29. The maximum absolute atomic E-state index is 13.1. The predicted octanol–water partition coefficient (Wildman–Crippen LogP) is 11.4. The molecule has 0 spiro atoms. The van der Waals surface area contributed by atoms with Crippen molar-refractivity contribution >= 4 is 81.9 Å². The summed E-state index contributed by atoms with van der Waals surface area (Å²) in [7, 11) is 0. The third-order valence-electron chi connectivity index (χ3n) is 10.7. The van der Waals surface area contributed by atoms with Crippen molar-refractivity contribution in [3.05, 3.63) is 103 Å². The Morgan fingerprint density at radius 1 is 0.614 bits per heavy atom. The second kappa shape index (κ2) is 18.0. The molecule has 4 atom stereocenters. The van der Waals surface area contributed by atoms with Crippen molar-refractivity contribution in [2.45, 2.75) is 86.8 Å². The van der Waals surface area contributed by atoms with E-state index in [-0.39, 0.29) is 73.3 Å². The zero-order chi connectivity index (χ0) is 41.3. The molecule has 0 saturated heterocycles. The van der Waals surface area contributed by atoms with Crippen LogP contribution in [0.1, 0.15) is 99.3 Å². The molecular formula is C44H44Cl4N2O6S. The Balaban J connectivity index is 1.44. The molecule has 0 aromatic heterocycles. The Morgan fingerprint density at radius 2 is 0.982 bits per heavy atom. The Labute approximate surface area is 357 Å². The van der Waals surface area contributed by atoms with Crippen LogP contribution in [-0.4, -0.2) is 47.1 Å². The first-order chi connectivity index (χ1) is 27.1. The highest BCUT2D eigenvalue weighted by Gasteiger charge is 2.48. The van der Waals surface area contributed by atoms with Gasteiger partial charge in [0.15, 0.2) is 0 Å². The topological polar surface area (TPSA) is 133 Å². The van der Waals surface area contributed by atoms with Crippen LogP contribution in [0.3, 0.4) is 0 Å². The summed E-state index contributed by atoms with van der Waals surface area (Å²) in [5.41, 5.74) is 7.36. The summed E-state index contributed by atoms with van der Waals surface area (Å²) in [5, 5.41) is 24.9. The Bertz CT molecular complexity index is 2090. The second-order valence-corrected chi connectivity index (χ2v) is 17.9. The minimum absolute atomic E-state index is 0.0393. The van der Waals surface area contributed by atoms with Crippen molar-refractivity contribution in [3.63, 3.8) is 0 Å². The van der Waals surface area contributed by atoms with Gasteiger partial charge in [-0.2, -0.15) is 0 Å². The van der Waals surface area contributed by atoms with Crippen LogP contribution in [0.25, 0.3) is 22.3 Å². The van der Waals surface area contributed by atoms with Gasteiger partial charge in [0.1, 0.15) is 0 Å². The van der Waals surface area contributed by atoms with Gasteiger partial charge < -0.3 is 20.8 Å². The third-order valence-corrected chi connectivity index (χ3v) is 13.7. The van der Waals surface area contributed by atoms with Gasteiger partial charge >= 0.3 is 11.9 Å². The minimum Gasteiger partial charge on any atom is -0.481 e. The zero-order valence-electron chi connectivity index (χ0n) is 31.9. The number of carbonyl (C=O) groups is 4. The average molecular weight is 871 g/mol. The van der Waals surface area contributed by atoms with Crippen LogP contribution in [-0.2, 0) is 19.2 Å². The van der Waals surface area contributed by atoms with E-state index in [0.29, 0.717) is 42.7 Å². The molecule has 0 unspecified atom stereocenters. The van der Waals surface area contributed by atoms with Crippen molar-refractivity contribution < 1.29 is 29.4 Å². The van der Waals surface area contributed by atoms with E-state index < -0.39 is 11.9 Å². The maximum atomic E-state index is 13.1. The number of nitrogens with one attached hydrogen (secondary N) is 2. The van der Waals surface area contributed by atoms with Gasteiger partial charge in [0.2, 0.25) is 11.8 Å². The molecule has 0 heterocycles. The molecule has 4 aromatic carbocycles. The molecule has 4 N–H and O–H groups in total. The lowest BCUT2D eigenvalue weighted by Gasteiger charge is -2.22. The highest BCUT2D eigenvalue weighted by atomic mass is 35.5. The van der Waals surface area contributed by atoms with Crippen molar-refractivity contribution in [2.24, 2.45) is 11.8 Å². The number of amides is 2. The highest BCUT2D eigenvalue weighted by molar-refractivity contribution is 7.99. The fraction of sp³-hybridized carbons (Fsp3) is 0.364. The van der Waals surface area contributed by atoms with Gasteiger partial charge in [-0.15, -0.1) is 0 Å². The molecule has 2 amide bonds. The molecule has 4 aromatic rings. The number of carbonyl (C=O) groups excluding carboxylic acids is 2. The molecule has 6 rings (SSSR count). The predicted molar refractivity (Wildman–Crippen MR) is 228 cm³/mol. The molecular weight excluding hydrogens is 826 g/mol. The Morgan fingerprint density at radius 3 is 1.33 bits per heavy atom. The average Bonchev–Trinajstić information content (AvgIpc) is 4.11. The van der Waals surface area contributed by atoms with Crippen molar-refractivity contribution in [1.29, 1.82) is 0 Å². The van der Waals surface area contributed by atoms with Crippen LogP contribution in [0.2, 0.25) is 20.1 Å². The molecule has 13 heteroatoms. The van der Waals surface area contributed by atoms with E-state index in [0.717, 1.165) is 44.5 Å². The standard InChI is InChI=1S/C44H44Cl4N2O6S/c1-21(2)23-9-5-7-11-25(23)29-19-33(39(45)41(47)37(29)27-17-31(27)43(55)49-15-13-35(51)52)57-34-20-30(26-12-8-6-10-24(26)22(3)4)38(42(48)40(34)46)28-18-32(28)44(56)50-16-14-36(53)54/h5-12,19-22,27-28,31-32H,13-18H2,1-4H3,(H,49,55)(H,50,56)(H,51,52)(H,53,54)/t27-,28-,31-,32-/m1/s1. The Kier molecular flexibility index (Phi) is 13.6. The number of halogens is 4. The second-order valence-electron chi connectivity index (χ2n) is 15.3. The summed E-state index contributed by atoms with van der Waals surface area (Å²) in [4.78, 5) is 49.7. The molecule has 0 aliphatic heterocycles. The summed E-state index contributed by atoms with van der Waals surface area (Å²) < 4.78 is 0. The van der Waals surface area contributed by atoms with Crippen LogP contribution in [0.15, 0.2) is 70.5 Å². The molecule has 2 aliphatic carbocycles. The first-order valence-corrected chi connectivity index (χ1v) is 21.3. The normalized spacial score (nSPS) is 18.4. The van der Waals surface area contributed by atoms with E-state index in [1.165, 1.54) is 11.8 Å². The number of carboxylic acid groups (broad SMARTS) is 2. The number of aliphatic carboxylic acids is 2. The zero-order valence-corrected chi connectivity index (χ0v) is 35.8. The smallest absolute Gasteiger partial charge is 0.305 e. The van der Waals surface area contributed by atoms with E-state index in [4.69, 9.17) is 56.6 Å². The number of hydrogen-bond donors (Lipinski definition) is 4. The van der Waals surface area contributed by atoms with Crippen LogP contribution in [0.4, 0.5) is 0 Å². The van der Waals surface area contributed by atoms with Crippen LogP contribution in [0, 0.1) is 11.8 Å². The van der Waals surface area contributed by atoms with Gasteiger partial charge in [0.05, 0.1) is 32.9 Å². The minimum atomic E-state index is -0.987. The van der Waals surface area contributed by atoms with Gasteiger partial charge in [-0.05, 0) is 93.2 Å². The van der Waals surface area contributed by atoms with E-state index in [1.54, 1.807) is 0 Å². The summed E-state index contributed by atoms with van der Waals surface area (Å²) >= 11 is 30.2. The number of rotatable bonds is 16. The molecule has 57 heavy (non-hydrogen) atoms. The van der Waals surface area contributed by atoms with E-state index in [2.05, 4.69) is 50.5 Å². The van der Waals surface area contributed by atoms with Gasteiger partial charge in [0.25, 0.3) is 0 Å². The SMILES string of the molecule is CC(C)c1ccccc1-c1cc(Sc2cc(-c3ccccc3C(C)C)c([C@@H]3C[C@H]3C(=O)NCCC(=O)O)c(Cl)c2Cl)c(Cl)c(Cl)c1[C@@H]1C[C@H]1C(=O)NCCC(=O)O. The molecule has 2 aliphatic rings. The monoisotopic (exact) mass is 868 g/mol. The highest BCUT2D eigenvalue weighted by Crippen LogP contribution is 2.59. The van der Waals surface area contributed by atoms with Crippen molar-refractivity contribution in [3.8, 4) is 22.3 Å². The van der Waals surface area contributed by atoms with Crippen LogP contribution < -0.4 is 10.6 Å².